The maximum Gasteiger partial charge on any atom is 0.416 e. The van der Waals surface area contributed by atoms with Crippen LogP contribution in [0.4, 0.5) is 13.2 Å². The molecule has 0 aromatic heterocycles. The predicted octanol–water partition coefficient (Wildman–Crippen LogP) is 5.23. The van der Waals surface area contributed by atoms with E-state index in [2.05, 4.69) is 12.6 Å². The van der Waals surface area contributed by atoms with Gasteiger partial charge in [-0.3, -0.25) is 0 Å². The Bertz CT molecular complexity index is 699. The number of alkyl halides is 3. The maximum atomic E-state index is 12.7. The molecule has 0 aliphatic carbocycles. The number of hydrogen-bond acceptors (Lipinski definition) is 2. The molecular weight excluding hydrogens is 295 g/mol. The van der Waals surface area contributed by atoms with Crippen LogP contribution in [-0.2, 0) is 6.18 Å². The third kappa shape index (κ3) is 3.40. The van der Waals surface area contributed by atoms with E-state index in [1.54, 1.807) is 12.1 Å². The molecular formula is C16H12F3NS. The van der Waals surface area contributed by atoms with Gasteiger partial charge in [0.2, 0.25) is 0 Å². The minimum Gasteiger partial charge on any atom is -0.192 e. The summed E-state index contributed by atoms with van der Waals surface area (Å²) < 4.78 is 38.1. The lowest BCUT2D eigenvalue weighted by molar-refractivity contribution is -0.137. The summed E-state index contributed by atoms with van der Waals surface area (Å²) in [5.41, 5.74) is 1.33. The highest BCUT2D eigenvalue weighted by Gasteiger charge is 2.31. The van der Waals surface area contributed by atoms with E-state index in [0.717, 1.165) is 17.7 Å². The van der Waals surface area contributed by atoms with Crippen molar-refractivity contribution in [3.8, 4) is 17.2 Å². The van der Waals surface area contributed by atoms with Crippen molar-refractivity contribution in [2.45, 2.75) is 18.3 Å². The monoisotopic (exact) mass is 307 g/mol. The van der Waals surface area contributed by atoms with Crippen LogP contribution in [0, 0.1) is 11.3 Å². The molecule has 0 spiro atoms. The number of nitrogens with zero attached hydrogens (tertiary/aromatic N) is 1. The zero-order valence-corrected chi connectivity index (χ0v) is 12.0. The van der Waals surface area contributed by atoms with E-state index in [9.17, 15) is 13.2 Å². The molecule has 0 fully saturated rings. The molecule has 2 rings (SSSR count). The van der Waals surface area contributed by atoms with Gasteiger partial charge in [-0.2, -0.15) is 31.1 Å². The van der Waals surface area contributed by atoms with E-state index in [1.165, 1.54) is 6.07 Å². The van der Waals surface area contributed by atoms with Crippen molar-refractivity contribution in [1.82, 2.24) is 0 Å². The quantitative estimate of drug-likeness (QED) is 0.754. The Morgan fingerprint density at radius 1 is 1.14 bits per heavy atom. The largest absolute Gasteiger partial charge is 0.416 e. The molecule has 0 heterocycles. The maximum absolute atomic E-state index is 12.7. The van der Waals surface area contributed by atoms with Gasteiger partial charge in [0, 0.05) is 5.25 Å². The van der Waals surface area contributed by atoms with E-state index in [4.69, 9.17) is 5.26 Å². The minimum absolute atomic E-state index is 0.00457. The molecule has 0 aliphatic rings. The van der Waals surface area contributed by atoms with Gasteiger partial charge >= 0.3 is 6.18 Å². The first-order valence-corrected chi connectivity index (χ1v) is 6.74. The molecule has 1 unspecified atom stereocenters. The fourth-order valence-electron chi connectivity index (χ4n) is 2.03. The Morgan fingerprint density at radius 2 is 1.86 bits per heavy atom. The van der Waals surface area contributed by atoms with Crippen molar-refractivity contribution in [1.29, 1.82) is 5.26 Å². The third-order valence-corrected chi connectivity index (χ3v) is 3.45. The van der Waals surface area contributed by atoms with Crippen LogP contribution in [0.25, 0.3) is 11.1 Å². The van der Waals surface area contributed by atoms with Gasteiger partial charge in [-0.25, -0.2) is 0 Å². The van der Waals surface area contributed by atoms with Crippen molar-refractivity contribution in [3.63, 3.8) is 0 Å². The number of benzene rings is 2. The van der Waals surface area contributed by atoms with Crippen LogP contribution < -0.4 is 0 Å². The molecule has 0 amide bonds. The second-order valence-electron chi connectivity index (χ2n) is 4.67. The molecule has 0 radical (unpaired) electrons. The molecule has 21 heavy (non-hydrogen) atoms. The van der Waals surface area contributed by atoms with E-state index < -0.39 is 11.7 Å². The molecule has 0 saturated carbocycles. The second kappa shape index (κ2) is 5.82. The molecule has 0 saturated heterocycles. The predicted molar refractivity (Wildman–Crippen MR) is 79.0 cm³/mol. The molecule has 0 N–H and O–H groups in total. The average molecular weight is 307 g/mol. The van der Waals surface area contributed by atoms with Crippen LogP contribution in [0.5, 0.6) is 0 Å². The Hall–Kier alpha value is -1.93. The van der Waals surface area contributed by atoms with Gasteiger partial charge in [0.1, 0.15) is 0 Å². The van der Waals surface area contributed by atoms with Gasteiger partial charge in [-0.15, -0.1) is 0 Å². The first-order valence-electron chi connectivity index (χ1n) is 6.22. The zero-order chi connectivity index (χ0) is 15.6. The summed E-state index contributed by atoms with van der Waals surface area (Å²) in [4.78, 5) is 0. The number of thiol groups is 1. The van der Waals surface area contributed by atoms with Crippen LogP contribution in [0.1, 0.15) is 28.9 Å². The number of hydrogen-bond donors (Lipinski definition) is 1. The zero-order valence-electron chi connectivity index (χ0n) is 11.1. The third-order valence-electron chi connectivity index (χ3n) is 3.15. The van der Waals surface area contributed by atoms with Crippen molar-refractivity contribution < 1.29 is 13.2 Å². The highest BCUT2D eigenvalue weighted by atomic mass is 32.1. The standard InChI is InChI=1S/C16H12F3NS/c1-10(21)11-3-2-4-12(7-11)15-6-5-14(16(17,18)19)8-13(15)9-20/h2-8,10,21H,1H3. The van der Waals surface area contributed by atoms with E-state index in [-0.39, 0.29) is 10.8 Å². The molecule has 0 bridgehead atoms. The molecule has 2 aromatic rings. The summed E-state index contributed by atoms with van der Waals surface area (Å²) in [5.74, 6) is 0. The fraction of sp³-hybridized carbons (Fsp3) is 0.188. The van der Waals surface area contributed by atoms with Gasteiger partial charge in [0.05, 0.1) is 17.2 Å². The van der Waals surface area contributed by atoms with Crippen molar-refractivity contribution >= 4 is 12.6 Å². The SMILES string of the molecule is CC(S)c1cccc(-c2ccc(C(F)(F)F)cc2C#N)c1. The van der Waals surface area contributed by atoms with Crippen LogP contribution in [0.3, 0.4) is 0 Å². The van der Waals surface area contributed by atoms with E-state index in [1.807, 2.05) is 25.1 Å². The van der Waals surface area contributed by atoms with Gasteiger partial charge in [0.25, 0.3) is 0 Å². The van der Waals surface area contributed by atoms with Gasteiger partial charge < -0.3 is 0 Å². The van der Waals surface area contributed by atoms with Gasteiger partial charge in [-0.05, 0) is 35.7 Å². The van der Waals surface area contributed by atoms with Crippen LogP contribution in [-0.4, -0.2) is 0 Å². The van der Waals surface area contributed by atoms with Crippen LogP contribution in [0.2, 0.25) is 0 Å². The number of rotatable bonds is 2. The summed E-state index contributed by atoms with van der Waals surface area (Å²) in [6, 6.07) is 12.3. The lowest BCUT2D eigenvalue weighted by atomic mass is 9.96. The smallest absolute Gasteiger partial charge is 0.192 e. The van der Waals surface area contributed by atoms with Gasteiger partial charge in [0.15, 0.2) is 0 Å². The molecule has 1 atom stereocenters. The van der Waals surface area contributed by atoms with Crippen molar-refractivity contribution in [2.24, 2.45) is 0 Å². The topological polar surface area (TPSA) is 23.8 Å². The summed E-state index contributed by atoms with van der Waals surface area (Å²) >= 11 is 4.34. The summed E-state index contributed by atoms with van der Waals surface area (Å²) in [5, 5.41) is 9.12. The van der Waals surface area contributed by atoms with Crippen LogP contribution >= 0.6 is 12.6 Å². The molecule has 108 valence electrons. The number of halogens is 3. The first-order chi connectivity index (χ1) is 9.82. The Morgan fingerprint density at radius 3 is 2.43 bits per heavy atom. The minimum atomic E-state index is -4.45. The molecule has 2 aromatic carbocycles. The highest BCUT2D eigenvalue weighted by molar-refractivity contribution is 7.80. The summed E-state index contributed by atoms with van der Waals surface area (Å²) in [7, 11) is 0. The van der Waals surface area contributed by atoms with Gasteiger partial charge in [-0.1, -0.05) is 30.3 Å². The summed E-state index contributed by atoms with van der Waals surface area (Å²) in [6.07, 6.45) is -4.45. The first kappa shape index (κ1) is 15.5. The fourth-order valence-corrected chi connectivity index (χ4v) is 2.19. The van der Waals surface area contributed by atoms with Crippen molar-refractivity contribution in [2.75, 3.05) is 0 Å². The van der Waals surface area contributed by atoms with E-state index >= 15 is 0 Å². The molecule has 1 nitrogen and oxygen atoms in total. The molecule has 5 heteroatoms. The lowest BCUT2D eigenvalue weighted by Crippen LogP contribution is -2.05. The normalized spacial score (nSPS) is 12.8. The number of nitriles is 1. The Labute approximate surface area is 126 Å². The van der Waals surface area contributed by atoms with Crippen LogP contribution in [0.15, 0.2) is 42.5 Å². The summed E-state index contributed by atoms with van der Waals surface area (Å²) in [6.45, 7) is 1.90. The average Bonchev–Trinajstić information content (AvgIpc) is 2.45. The van der Waals surface area contributed by atoms with E-state index in [0.29, 0.717) is 11.1 Å². The van der Waals surface area contributed by atoms with Crippen molar-refractivity contribution in [3.05, 3.63) is 59.2 Å². The molecule has 0 aliphatic heterocycles. The lowest BCUT2D eigenvalue weighted by Gasteiger charge is -2.12. The highest BCUT2D eigenvalue weighted by Crippen LogP contribution is 2.34. The Balaban J connectivity index is 2.55. The second-order valence-corrected chi connectivity index (χ2v) is 5.45. The Kier molecular flexibility index (Phi) is 4.29.